The largest absolute Gasteiger partial charge is 0.560 e. The Labute approximate surface area is 77.6 Å². The number of carbonyl (C=O) groups is 4. The van der Waals surface area contributed by atoms with Crippen molar-refractivity contribution in [3.63, 3.8) is 0 Å². The van der Waals surface area contributed by atoms with Crippen molar-refractivity contribution >= 4 is 24.2 Å². The summed E-state index contributed by atoms with van der Waals surface area (Å²) in [5, 5.41) is 0. The monoisotopic (exact) mass is 206 g/mol. The van der Waals surface area contributed by atoms with Crippen molar-refractivity contribution < 1.29 is 38.4 Å². The van der Waals surface area contributed by atoms with Gasteiger partial charge in [0.1, 0.15) is 0 Å². The number of rotatable bonds is 0. The second-order valence-electron chi connectivity index (χ2n) is 1.85. The molecule has 0 saturated heterocycles. The van der Waals surface area contributed by atoms with Crippen molar-refractivity contribution in [3.8, 4) is 0 Å². The molecule has 0 aromatic heterocycles. The van der Waals surface area contributed by atoms with Crippen molar-refractivity contribution in [3.05, 3.63) is 0 Å². The van der Waals surface area contributed by atoms with Crippen LogP contribution in [-0.2, 0) is 28.8 Å². The molecular weight excluding hydrogens is 200 g/mol. The predicted octanol–water partition coefficient (Wildman–Crippen LogP) is 0.301. The number of esters is 1. The molecule has 0 heterocycles. The number of carbonyl (C=O) groups excluding carboxylic acids is 4. The SMILES string of the molecule is CC(=O)OOC(=O)OC(=O)OC(C)=O. The minimum atomic E-state index is -1.62. The molecule has 0 aliphatic rings. The van der Waals surface area contributed by atoms with Crippen LogP contribution >= 0.6 is 0 Å². The third-order valence-electron chi connectivity index (χ3n) is 0.621. The Kier molecular flexibility index (Phi) is 4.68. The van der Waals surface area contributed by atoms with Crippen LogP contribution in [0.1, 0.15) is 13.8 Å². The molecule has 0 fully saturated rings. The van der Waals surface area contributed by atoms with Gasteiger partial charge in [-0.2, -0.15) is 4.79 Å². The molecule has 0 rings (SSSR count). The Morgan fingerprint density at radius 2 is 1.29 bits per heavy atom. The van der Waals surface area contributed by atoms with Gasteiger partial charge in [-0.25, -0.2) is 19.4 Å². The van der Waals surface area contributed by atoms with Gasteiger partial charge in [0.05, 0.1) is 0 Å². The third-order valence-corrected chi connectivity index (χ3v) is 0.621. The first-order valence-corrected chi connectivity index (χ1v) is 3.21. The molecule has 78 valence electrons. The predicted molar refractivity (Wildman–Crippen MR) is 36.5 cm³/mol. The lowest BCUT2D eigenvalue weighted by atomic mass is 10.8. The minimum absolute atomic E-state index is 0.915. The minimum Gasteiger partial charge on any atom is -0.360 e. The molecule has 0 radical (unpaired) electrons. The fourth-order valence-electron chi connectivity index (χ4n) is 0.316. The van der Waals surface area contributed by atoms with Gasteiger partial charge in [-0.05, 0) is 0 Å². The second kappa shape index (κ2) is 5.51. The van der Waals surface area contributed by atoms with Gasteiger partial charge in [0.15, 0.2) is 0 Å². The standard InChI is InChI=1S/C6H6O8/c1-3(7)11-5(9)12-6(10)14-13-4(2)8/h1-2H3. The summed E-state index contributed by atoms with van der Waals surface area (Å²) in [5.74, 6) is -1.88. The average Bonchev–Trinajstić information content (AvgIpc) is 1.98. The molecule has 0 N–H and O–H groups in total. The van der Waals surface area contributed by atoms with E-state index in [1.165, 1.54) is 0 Å². The zero-order valence-electron chi connectivity index (χ0n) is 7.27. The van der Waals surface area contributed by atoms with Gasteiger partial charge in [0.2, 0.25) is 0 Å². The lowest BCUT2D eigenvalue weighted by molar-refractivity contribution is -0.238. The molecule has 0 atom stereocenters. The molecule has 0 aromatic carbocycles. The molecule has 8 heteroatoms. The molecule has 8 nitrogen and oxygen atoms in total. The van der Waals surface area contributed by atoms with Gasteiger partial charge in [-0.3, -0.25) is 4.79 Å². The maximum atomic E-state index is 10.4. The molecule has 0 amide bonds. The number of hydrogen-bond acceptors (Lipinski definition) is 8. The highest BCUT2D eigenvalue weighted by Gasteiger charge is 2.16. The summed E-state index contributed by atoms with van der Waals surface area (Å²) < 4.78 is 7.48. The Morgan fingerprint density at radius 3 is 1.71 bits per heavy atom. The summed E-state index contributed by atoms with van der Waals surface area (Å²) in [6.07, 6.45) is -3.19. The topological polar surface area (TPSA) is 105 Å². The lowest BCUT2D eigenvalue weighted by Gasteiger charge is -2.00. The summed E-state index contributed by atoms with van der Waals surface area (Å²) in [6, 6.07) is 0. The highest BCUT2D eigenvalue weighted by Crippen LogP contribution is 1.92. The molecule has 0 unspecified atom stereocenters. The van der Waals surface area contributed by atoms with E-state index in [2.05, 4.69) is 19.2 Å². The first-order valence-electron chi connectivity index (χ1n) is 3.21. The van der Waals surface area contributed by atoms with Crippen molar-refractivity contribution in [1.29, 1.82) is 0 Å². The normalized spacial score (nSPS) is 8.43. The van der Waals surface area contributed by atoms with Gasteiger partial charge in [0, 0.05) is 13.8 Å². The van der Waals surface area contributed by atoms with E-state index in [1.807, 2.05) is 0 Å². The Morgan fingerprint density at radius 1 is 0.714 bits per heavy atom. The zero-order chi connectivity index (χ0) is 11.1. The van der Waals surface area contributed by atoms with Crippen LogP contribution in [0.4, 0.5) is 9.59 Å². The van der Waals surface area contributed by atoms with E-state index in [0.717, 1.165) is 13.8 Å². The smallest absolute Gasteiger partial charge is 0.360 e. The van der Waals surface area contributed by atoms with E-state index in [0.29, 0.717) is 0 Å². The van der Waals surface area contributed by atoms with E-state index in [1.54, 1.807) is 0 Å². The summed E-state index contributed by atoms with van der Waals surface area (Å²) >= 11 is 0. The maximum Gasteiger partial charge on any atom is 0.560 e. The average molecular weight is 206 g/mol. The zero-order valence-corrected chi connectivity index (χ0v) is 7.27. The summed E-state index contributed by atoms with van der Waals surface area (Å²) in [7, 11) is 0. The third kappa shape index (κ3) is 6.58. The molecular formula is C6H6O8. The molecule has 0 bridgehead atoms. The number of ether oxygens (including phenoxy) is 2. The van der Waals surface area contributed by atoms with Crippen LogP contribution in [0.2, 0.25) is 0 Å². The fourth-order valence-corrected chi connectivity index (χ4v) is 0.316. The Hall–Kier alpha value is -2.12. The van der Waals surface area contributed by atoms with Crippen molar-refractivity contribution in [2.75, 3.05) is 0 Å². The summed E-state index contributed by atoms with van der Waals surface area (Å²) in [4.78, 5) is 48.4. The Balaban J connectivity index is 3.77. The highest BCUT2D eigenvalue weighted by atomic mass is 17.2. The summed E-state index contributed by atoms with van der Waals surface area (Å²) in [6.45, 7) is 1.89. The van der Waals surface area contributed by atoms with E-state index < -0.39 is 24.2 Å². The fraction of sp³-hybridized carbons (Fsp3) is 0.333. The van der Waals surface area contributed by atoms with Gasteiger partial charge in [-0.1, -0.05) is 0 Å². The van der Waals surface area contributed by atoms with E-state index in [4.69, 9.17) is 0 Å². The highest BCUT2D eigenvalue weighted by molar-refractivity contribution is 5.85. The van der Waals surface area contributed by atoms with Crippen molar-refractivity contribution in [2.45, 2.75) is 13.8 Å². The van der Waals surface area contributed by atoms with Crippen molar-refractivity contribution in [1.82, 2.24) is 0 Å². The quantitative estimate of drug-likeness (QED) is 0.241. The molecule has 0 spiro atoms. The van der Waals surface area contributed by atoms with Gasteiger partial charge < -0.3 is 9.47 Å². The van der Waals surface area contributed by atoms with Crippen LogP contribution < -0.4 is 0 Å². The van der Waals surface area contributed by atoms with Gasteiger partial charge in [-0.15, -0.1) is 0 Å². The van der Waals surface area contributed by atoms with Crippen LogP contribution in [0.15, 0.2) is 0 Å². The summed E-state index contributed by atoms with van der Waals surface area (Å²) in [5.41, 5.74) is 0. The van der Waals surface area contributed by atoms with Crippen LogP contribution in [0.3, 0.4) is 0 Å². The second-order valence-corrected chi connectivity index (χ2v) is 1.85. The Bertz CT molecular complexity index is 267. The van der Waals surface area contributed by atoms with E-state index >= 15 is 0 Å². The van der Waals surface area contributed by atoms with Gasteiger partial charge in [0.25, 0.3) is 0 Å². The van der Waals surface area contributed by atoms with Crippen LogP contribution in [-0.4, -0.2) is 24.2 Å². The molecule has 0 aliphatic heterocycles. The molecule has 0 aliphatic carbocycles. The van der Waals surface area contributed by atoms with Gasteiger partial charge >= 0.3 is 24.2 Å². The van der Waals surface area contributed by atoms with Crippen LogP contribution in [0, 0.1) is 0 Å². The molecule has 0 saturated carbocycles. The molecule has 14 heavy (non-hydrogen) atoms. The lowest BCUT2D eigenvalue weighted by Crippen LogP contribution is -2.18. The number of hydrogen-bond donors (Lipinski definition) is 0. The van der Waals surface area contributed by atoms with Crippen LogP contribution in [0.25, 0.3) is 0 Å². The first kappa shape index (κ1) is 11.9. The maximum absolute atomic E-state index is 10.4. The van der Waals surface area contributed by atoms with E-state index in [-0.39, 0.29) is 0 Å². The van der Waals surface area contributed by atoms with E-state index in [9.17, 15) is 19.2 Å². The molecule has 0 aromatic rings. The van der Waals surface area contributed by atoms with Crippen molar-refractivity contribution in [2.24, 2.45) is 0 Å². The van der Waals surface area contributed by atoms with Crippen LogP contribution in [0.5, 0.6) is 0 Å². The first-order chi connectivity index (χ1) is 6.41.